The number of fused-ring (bicyclic) bond motifs is 1. The highest BCUT2D eigenvalue weighted by Crippen LogP contribution is 2.25. The molecule has 0 bridgehead atoms. The third-order valence-electron chi connectivity index (χ3n) is 2.52. The van der Waals surface area contributed by atoms with Gasteiger partial charge < -0.3 is 10.1 Å². The van der Waals surface area contributed by atoms with Crippen LogP contribution in [0, 0.1) is 11.3 Å². The second-order valence-corrected chi connectivity index (χ2v) is 3.55. The molecule has 1 atom stereocenters. The van der Waals surface area contributed by atoms with E-state index in [-0.39, 0.29) is 6.54 Å². The quantitative estimate of drug-likeness (QED) is 0.476. The summed E-state index contributed by atoms with van der Waals surface area (Å²) in [6, 6.07) is 7.21. The molecule has 0 spiro atoms. The number of aliphatic hydroxyl groups is 1. The summed E-state index contributed by atoms with van der Waals surface area (Å²) in [7, 11) is 0. The average Bonchev–Trinajstić information content (AvgIpc) is 2.78. The summed E-state index contributed by atoms with van der Waals surface area (Å²) in [5.41, 5.74) is 10.2. The van der Waals surface area contributed by atoms with Crippen molar-refractivity contribution >= 4 is 10.9 Å². The first-order valence-electron chi connectivity index (χ1n) is 4.96. The minimum absolute atomic E-state index is 0.0275. The van der Waals surface area contributed by atoms with Crippen LogP contribution >= 0.6 is 0 Å². The minimum atomic E-state index is -0.867. The van der Waals surface area contributed by atoms with Gasteiger partial charge in [0.05, 0.1) is 24.3 Å². The van der Waals surface area contributed by atoms with Gasteiger partial charge in [0, 0.05) is 27.6 Å². The third-order valence-corrected chi connectivity index (χ3v) is 2.52. The Bertz CT molecular complexity index is 633. The number of hydrogen-bond donors (Lipinski definition) is 2. The highest BCUT2D eigenvalue weighted by molar-refractivity contribution is 5.84. The molecule has 0 fully saturated rings. The number of aromatic nitrogens is 1. The highest BCUT2D eigenvalue weighted by Gasteiger charge is 2.12. The van der Waals surface area contributed by atoms with Crippen molar-refractivity contribution in [3.63, 3.8) is 0 Å². The number of nitrogens with one attached hydrogen (secondary N) is 1. The molecule has 0 aliphatic rings. The van der Waals surface area contributed by atoms with Crippen LogP contribution in [0.25, 0.3) is 21.3 Å². The molecule has 6 nitrogen and oxygen atoms in total. The Kier molecular flexibility index (Phi) is 2.97. The van der Waals surface area contributed by atoms with Gasteiger partial charge in [-0.25, -0.2) is 0 Å². The van der Waals surface area contributed by atoms with Gasteiger partial charge in [0.15, 0.2) is 0 Å². The van der Waals surface area contributed by atoms with Crippen LogP contribution in [-0.4, -0.2) is 16.6 Å². The monoisotopic (exact) mass is 227 g/mol. The lowest BCUT2D eigenvalue weighted by Crippen LogP contribution is -1.99. The smallest absolute Gasteiger partial charge is 0.0991 e. The molecular formula is C11H9N5O. The predicted octanol–water partition coefficient (Wildman–Crippen LogP) is 2.38. The van der Waals surface area contributed by atoms with Crippen LogP contribution in [0.2, 0.25) is 0 Å². The van der Waals surface area contributed by atoms with Gasteiger partial charge in [0.1, 0.15) is 0 Å². The van der Waals surface area contributed by atoms with E-state index in [2.05, 4.69) is 15.0 Å². The summed E-state index contributed by atoms with van der Waals surface area (Å²) in [4.78, 5) is 5.59. The lowest BCUT2D eigenvalue weighted by molar-refractivity contribution is 0.188. The maximum Gasteiger partial charge on any atom is 0.0991 e. The summed E-state index contributed by atoms with van der Waals surface area (Å²) >= 11 is 0. The highest BCUT2D eigenvalue weighted by atomic mass is 16.3. The van der Waals surface area contributed by atoms with Gasteiger partial charge >= 0.3 is 0 Å². The average molecular weight is 227 g/mol. The SMILES string of the molecule is N#Cc1ccc2[nH]cc(C(O)CN=[N+]=[N-])c2c1. The molecule has 1 aromatic heterocycles. The molecule has 0 radical (unpaired) electrons. The van der Waals surface area contributed by atoms with Crippen LogP contribution in [0.15, 0.2) is 29.5 Å². The zero-order valence-electron chi connectivity index (χ0n) is 8.83. The maximum absolute atomic E-state index is 9.83. The van der Waals surface area contributed by atoms with E-state index in [1.807, 2.05) is 6.07 Å². The third kappa shape index (κ3) is 2.06. The van der Waals surface area contributed by atoms with Crippen molar-refractivity contribution in [3.05, 3.63) is 46.0 Å². The standard InChI is InChI=1S/C11H9N5O/c12-4-7-1-2-10-8(3-7)9(5-14-10)11(17)6-15-16-13/h1-3,5,11,14,17H,6H2. The normalized spacial score (nSPS) is 11.8. The second kappa shape index (κ2) is 4.58. The molecule has 0 amide bonds. The summed E-state index contributed by atoms with van der Waals surface area (Å²) in [5.74, 6) is 0. The number of H-pyrrole nitrogens is 1. The van der Waals surface area contributed by atoms with E-state index in [9.17, 15) is 5.11 Å². The van der Waals surface area contributed by atoms with E-state index >= 15 is 0 Å². The van der Waals surface area contributed by atoms with Crippen LogP contribution in [0.3, 0.4) is 0 Å². The molecule has 1 heterocycles. The largest absolute Gasteiger partial charge is 0.388 e. The molecule has 17 heavy (non-hydrogen) atoms. The van der Waals surface area contributed by atoms with E-state index in [1.54, 1.807) is 24.4 Å². The van der Waals surface area contributed by atoms with Gasteiger partial charge in [0.2, 0.25) is 0 Å². The molecule has 0 saturated heterocycles. The van der Waals surface area contributed by atoms with E-state index in [1.165, 1.54) is 0 Å². The molecule has 2 aromatic rings. The maximum atomic E-state index is 9.83. The van der Waals surface area contributed by atoms with Crippen molar-refractivity contribution < 1.29 is 5.11 Å². The number of rotatable bonds is 3. The van der Waals surface area contributed by atoms with Crippen molar-refractivity contribution in [2.24, 2.45) is 5.11 Å². The minimum Gasteiger partial charge on any atom is -0.388 e. The van der Waals surface area contributed by atoms with E-state index < -0.39 is 6.10 Å². The van der Waals surface area contributed by atoms with Crippen LogP contribution in [-0.2, 0) is 0 Å². The van der Waals surface area contributed by atoms with Gasteiger partial charge in [-0.05, 0) is 23.7 Å². The van der Waals surface area contributed by atoms with E-state index in [0.717, 1.165) is 10.9 Å². The molecule has 1 aromatic carbocycles. The molecule has 1 unspecified atom stereocenters. The molecule has 2 N–H and O–H groups in total. The molecule has 0 saturated carbocycles. The van der Waals surface area contributed by atoms with Gasteiger partial charge in [-0.2, -0.15) is 5.26 Å². The predicted molar refractivity (Wildman–Crippen MR) is 62.0 cm³/mol. The fourth-order valence-corrected chi connectivity index (χ4v) is 1.70. The number of azide groups is 1. The Morgan fingerprint density at radius 3 is 3.12 bits per heavy atom. The van der Waals surface area contributed by atoms with Crippen LogP contribution in [0.1, 0.15) is 17.2 Å². The second-order valence-electron chi connectivity index (χ2n) is 3.55. The van der Waals surface area contributed by atoms with Crippen LogP contribution < -0.4 is 0 Å². The number of nitrogens with zero attached hydrogens (tertiary/aromatic N) is 4. The Labute approximate surface area is 96.7 Å². The van der Waals surface area contributed by atoms with Crippen molar-refractivity contribution in [1.29, 1.82) is 5.26 Å². The van der Waals surface area contributed by atoms with Crippen molar-refractivity contribution in [2.75, 3.05) is 6.54 Å². The molecule has 0 aliphatic heterocycles. The number of aliphatic hydroxyl groups excluding tert-OH is 1. The fourth-order valence-electron chi connectivity index (χ4n) is 1.70. The first-order chi connectivity index (χ1) is 8.26. The lowest BCUT2D eigenvalue weighted by atomic mass is 10.1. The van der Waals surface area contributed by atoms with Gasteiger partial charge in [-0.3, -0.25) is 0 Å². The number of nitriles is 1. The Morgan fingerprint density at radius 2 is 2.41 bits per heavy atom. The Hall–Kier alpha value is -2.48. The van der Waals surface area contributed by atoms with Gasteiger partial charge in [-0.1, -0.05) is 5.11 Å². The first-order valence-corrected chi connectivity index (χ1v) is 4.96. The topological polar surface area (TPSA) is 109 Å². The van der Waals surface area contributed by atoms with Gasteiger partial charge in [-0.15, -0.1) is 0 Å². The van der Waals surface area contributed by atoms with Crippen LogP contribution in [0.5, 0.6) is 0 Å². The van der Waals surface area contributed by atoms with E-state index in [4.69, 9.17) is 10.8 Å². The summed E-state index contributed by atoms with van der Waals surface area (Å²) in [6.45, 7) is -0.0275. The van der Waals surface area contributed by atoms with Crippen molar-refractivity contribution in [2.45, 2.75) is 6.10 Å². The number of aromatic amines is 1. The first kappa shape index (κ1) is 11.0. The summed E-state index contributed by atoms with van der Waals surface area (Å²) < 4.78 is 0. The summed E-state index contributed by atoms with van der Waals surface area (Å²) in [5, 5.41) is 22.7. The van der Waals surface area contributed by atoms with Crippen molar-refractivity contribution in [3.8, 4) is 6.07 Å². The lowest BCUT2D eigenvalue weighted by Gasteiger charge is -2.05. The summed E-state index contributed by atoms with van der Waals surface area (Å²) in [6.07, 6.45) is 0.789. The number of benzene rings is 1. The fraction of sp³-hybridized carbons (Fsp3) is 0.182. The molecule has 0 aliphatic carbocycles. The molecule has 6 heteroatoms. The molecule has 2 rings (SSSR count). The zero-order valence-corrected chi connectivity index (χ0v) is 8.83. The van der Waals surface area contributed by atoms with Crippen LogP contribution in [0.4, 0.5) is 0 Å². The van der Waals surface area contributed by atoms with Gasteiger partial charge in [0.25, 0.3) is 0 Å². The molecule has 84 valence electrons. The molecular weight excluding hydrogens is 218 g/mol. The van der Waals surface area contributed by atoms with E-state index in [0.29, 0.717) is 11.1 Å². The zero-order chi connectivity index (χ0) is 12.3. The Balaban J connectivity index is 2.47. The Morgan fingerprint density at radius 1 is 1.59 bits per heavy atom. The van der Waals surface area contributed by atoms with Crippen molar-refractivity contribution in [1.82, 2.24) is 4.98 Å². The number of hydrogen-bond acceptors (Lipinski definition) is 3.